The van der Waals surface area contributed by atoms with Crippen molar-refractivity contribution in [2.24, 2.45) is 5.73 Å². The van der Waals surface area contributed by atoms with Crippen LogP contribution in [0.3, 0.4) is 0 Å². The van der Waals surface area contributed by atoms with Crippen LogP contribution < -0.4 is 10.5 Å². The van der Waals surface area contributed by atoms with E-state index in [2.05, 4.69) is 4.98 Å². The zero-order valence-corrected chi connectivity index (χ0v) is 10.9. The van der Waals surface area contributed by atoms with Crippen molar-refractivity contribution in [2.45, 2.75) is 19.4 Å². The van der Waals surface area contributed by atoms with Gasteiger partial charge in [0, 0.05) is 24.9 Å². The molecule has 3 N–H and O–H groups in total. The van der Waals surface area contributed by atoms with Gasteiger partial charge in [-0.2, -0.15) is 0 Å². The van der Waals surface area contributed by atoms with E-state index in [1.54, 1.807) is 6.20 Å². The molecule has 4 heteroatoms. The van der Waals surface area contributed by atoms with Crippen LogP contribution in [0.1, 0.15) is 24.1 Å². The largest absolute Gasteiger partial charge is 0.439 e. The third-order valence-corrected chi connectivity index (χ3v) is 2.83. The number of ether oxygens (including phenoxy) is 1. The minimum Gasteiger partial charge on any atom is -0.439 e. The van der Waals surface area contributed by atoms with Gasteiger partial charge >= 0.3 is 0 Å². The highest BCUT2D eigenvalue weighted by molar-refractivity contribution is 5.32. The van der Waals surface area contributed by atoms with Crippen molar-refractivity contribution in [2.75, 3.05) is 6.61 Å². The van der Waals surface area contributed by atoms with Crippen LogP contribution in [0.2, 0.25) is 0 Å². The van der Waals surface area contributed by atoms with Gasteiger partial charge in [0.1, 0.15) is 5.75 Å². The van der Waals surface area contributed by atoms with Crippen LogP contribution >= 0.6 is 0 Å². The molecule has 2 rings (SSSR count). The van der Waals surface area contributed by atoms with Gasteiger partial charge in [0.2, 0.25) is 5.88 Å². The van der Waals surface area contributed by atoms with Crippen molar-refractivity contribution >= 4 is 0 Å². The Hall–Kier alpha value is -1.91. The van der Waals surface area contributed by atoms with Gasteiger partial charge in [-0.15, -0.1) is 0 Å². The number of hydrogen-bond donors (Lipinski definition) is 2. The zero-order chi connectivity index (χ0) is 13.7. The van der Waals surface area contributed by atoms with Gasteiger partial charge in [-0.1, -0.05) is 12.1 Å². The number of nitrogens with zero attached hydrogens (tertiary/aromatic N) is 1. The Morgan fingerprint density at radius 1 is 1.26 bits per heavy atom. The lowest BCUT2D eigenvalue weighted by atomic mass is 10.1. The van der Waals surface area contributed by atoms with Gasteiger partial charge in [-0.25, -0.2) is 4.98 Å². The highest BCUT2D eigenvalue weighted by Gasteiger charge is 2.03. The molecule has 1 heterocycles. The molecule has 1 atom stereocenters. The number of benzene rings is 1. The molecule has 0 radical (unpaired) electrons. The van der Waals surface area contributed by atoms with E-state index in [4.69, 9.17) is 15.6 Å². The standard InChI is InChI=1S/C15H18N2O2/c1-11(16)13-6-8-17-15(10-13)19-14-4-2-12(3-5-14)7-9-18/h2-6,8,10-11,18H,7,9,16H2,1H3. The Bertz CT molecular complexity index is 524. The molecule has 19 heavy (non-hydrogen) atoms. The predicted molar refractivity (Wildman–Crippen MR) is 74.1 cm³/mol. The third-order valence-electron chi connectivity index (χ3n) is 2.83. The van der Waals surface area contributed by atoms with E-state index in [1.165, 1.54) is 0 Å². The lowest BCUT2D eigenvalue weighted by Crippen LogP contribution is -2.05. The first kappa shape index (κ1) is 13.5. The van der Waals surface area contributed by atoms with Crippen molar-refractivity contribution in [3.8, 4) is 11.6 Å². The van der Waals surface area contributed by atoms with Crippen molar-refractivity contribution in [1.82, 2.24) is 4.98 Å². The fourth-order valence-corrected chi connectivity index (χ4v) is 1.74. The number of aliphatic hydroxyl groups is 1. The first-order chi connectivity index (χ1) is 9.19. The van der Waals surface area contributed by atoms with Gasteiger partial charge in [-0.05, 0) is 42.7 Å². The number of aliphatic hydroxyl groups excluding tert-OH is 1. The Morgan fingerprint density at radius 3 is 2.63 bits per heavy atom. The molecule has 0 fully saturated rings. The van der Waals surface area contributed by atoms with E-state index >= 15 is 0 Å². The molecule has 0 spiro atoms. The Kier molecular flexibility index (Phi) is 4.49. The second-order valence-electron chi connectivity index (χ2n) is 4.44. The Morgan fingerprint density at radius 2 is 2.00 bits per heavy atom. The van der Waals surface area contributed by atoms with Gasteiger partial charge in [0.05, 0.1) is 0 Å². The molecule has 0 aliphatic heterocycles. The van der Waals surface area contributed by atoms with Crippen LogP contribution in [0.15, 0.2) is 42.6 Å². The summed E-state index contributed by atoms with van der Waals surface area (Å²) in [6.07, 6.45) is 2.34. The maximum absolute atomic E-state index is 8.85. The van der Waals surface area contributed by atoms with Crippen LogP contribution in [0, 0.1) is 0 Å². The molecule has 1 unspecified atom stereocenters. The minimum absolute atomic E-state index is 0.0442. The molecular weight excluding hydrogens is 240 g/mol. The SMILES string of the molecule is CC(N)c1ccnc(Oc2ccc(CCO)cc2)c1. The number of pyridine rings is 1. The van der Waals surface area contributed by atoms with E-state index < -0.39 is 0 Å². The molecule has 0 saturated heterocycles. The second-order valence-corrected chi connectivity index (χ2v) is 4.44. The van der Waals surface area contributed by atoms with Gasteiger partial charge in [0.15, 0.2) is 0 Å². The third kappa shape index (κ3) is 3.77. The quantitative estimate of drug-likeness (QED) is 0.864. The summed E-state index contributed by atoms with van der Waals surface area (Å²) in [5.74, 6) is 1.25. The smallest absolute Gasteiger partial charge is 0.219 e. The topological polar surface area (TPSA) is 68.4 Å². The molecular formula is C15H18N2O2. The molecule has 4 nitrogen and oxygen atoms in total. The van der Waals surface area contributed by atoms with E-state index in [1.807, 2.05) is 43.3 Å². The number of rotatable bonds is 5. The van der Waals surface area contributed by atoms with Crippen LogP contribution in [-0.4, -0.2) is 16.7 Å². The molecule has 1 aromatic heterocycles. The Balaban J connectivity index is 2.10. The van der Waals surface area contributed by atoms with Crippen LogP contribution in [0.25, 0.3) is 0 Å². The molecule has 0 aliphatic carbocycles. The molecule has 0 amide bonds. The zero-order valence-electron chi connectivity index (χ0n) is 10.9. The lowest BCUT2D eigenvalue weighted by Gasteiger charge is -2.09. The lowest BCUT2D eigenvalue weighted by molar-refractivity contribution is 0.299. The number of nitrogens with two attached hydrogens (primary N) is 1. The summed E-state index contributed by atoms with van der Waals surface area (Å²) in [4.78, 5) is 4.16. The summed E-state index contributed by atoms with van der Waals surface area (Å²) in [6, 6.07) is 11.3. The average molecular weight is 258 g/mol. The average Bonchev–Trinajstić information content (AvgIpc) is 2.42. The molecule has 0 aliphatic rings. The normalized spacial score (nSPS) is 12.2. The fraction of sp³-hybridized carbons (Fsp3) is 0.267. The van der Waals surface area contributed by atoms with E-state index in [9.17, 15) is 0 Å². The van der Waals surface area contributed by atoms with Gasteiger partial charge in [0.25, 0.3) is 0 Å². The van der Waals surface area contributed by atoms with E-state index in [-0.39, 0.29) is 12.6 Å². The minimum atomic E-state index is -0.0442. The van der Waals surface area contributed by atoms with E-state index in [0.717, 1.165) is 16.9 Å². The summed E-state index contributed by atoms with van der Waals surface area (Å²) >= 11 is 0. The molecule has 2 aromatic rings. The highest BCUT2D eigenvalue weighted by atomic mass is 16.5. The van der Waals surface area contributed by atoms with Crippen molar-refractivity contribution < 1.29 is 9.84 Å². The molecule has 100 valence electrons. The monoisotopic (exact) mass is 258 g/mol. The Labute approximate surface area is 112 Å². The van der Waals surface area contributed by atoms with Crippen LogP contribution in [0.5, 0.6) is 11.6 Å². The van der Waals surface area contributed by atoms with E-state index in [0.29, 0.717) is 12.3 Å². The summed E-state index contributed by atoms with van der Waals surface area (Å²) in [6.45, 7) is 2.07. The first-order valence-corrected chi connectivity index (χ1v) is 6.28. The maximum Gasteiger partial charge on any atom is 0.219 e. The summed E-state index contributed by atoms with van der Waals surface area (Å²) in [5, 5.41) is 8.85. The van der Waals surface area contributed by atoms with Crippen molar-refractivity contribution in [3.63, 3.8) is 0 Å². The summed E-state index contributed by atoms with van der Waals surface area (Å²) in [7, 11) is 0. The van der Waals surface area contributed by atoms with Gasteiger partial charge < -0.3 is 15.6 Å². The second kappa shape index (κ2) is 6.31. The summed E-state index contributed by atoms with van der Waals surface area (Å²) < 4.78 is 5.67. The first-order valence-electron chi connectivity index (χ1n) is 6.28. The van der Waals surface area contributed by atoms with Crippen LogP contribution in [0.4, 0.5) is 0 Å². The fourth-order valence-electron chi connectivity index (χ4n) is 1.74. The number of aromatic nitrogens is 1. The molecule has 1 aromatic carbocycles. The van der Waals surface area contributed by atoms with Crippen molar-refractivity contribution in [1.29, 1.82) is 0 Å². The predicted octanol–water partition coefficient (Wildman–Crippen LogP) is 2.43. The van der Waals surface area contributed by atoms with Crippen molar-refractivity contribution in [3.05, 3.63) is 53.7 Å². The molecule has 0 bridgehead atoms. The maximum atomic E-state index is 8.85. The van der Waals surface area contributed by atoms with Crippen LogP contribution in [-0.2, 0) is 6.42 Å². The molecule has 0 saturated carbocycles. The highest BCUT2D eigenvalue weighted by Crippen LogP contribution is 2.22. The van der Waals surface area contributed by atoms with Gasteiger partial charge in [-0.3, -0.25) is 0 Å². The summed E-state index contributed by atoms with van der Waals surface area (Å²) in [5.41, 5.74) is 7.89. The number of hydrogen-bond acceptors (Lipinski definition) is 4.